The SMILES string of the molecule is N#Cc1cnc(NCc2ccc(F)cc2F)nc1NC1CCC(O)CC1. The van der Waals surface area contributed by atoms with Gasteiger partial charge < -0.3 is 15.7 Å². The Hall–Kier alpha value is -2.79. The molecular weight excluding hydrogens is 340 g/mol. The average molecular weight is 359 g/mol. The molecule has 3 N–H and O–H groups in total. The fraction of sp³-hybridized carbons (Fsp3) is 0.389. The average Bonchev–Trinajstić information content (AvgIpc) is 2.63. The number of aliphatic hydroxyl groups is 1. The summed E-state index contributed by atoms with van der Waals surface area (Å²) in [6, 6.07) is 5.53. The largest absolute Gasteiger partial charge is 0.393 e. The molecule has 26 heavy (non-hydrogen) atoms. The van der Waals surface area contributed by atoms with Gasteiger partial charge in [-0.15, -0.1) is 0 Å². The zero-order chi connectivity index (χ0) is 18.5. The first-order valence-electron chi connectivity index (χ1n) is 8.44. The molecule has 1 aromatic heterocycles. The third kappa shape index (κ3) is 4.43. The van der Waals surface area contributed by atoms with Crippen LogP contribution in [0.3, 0.4) is 0 Å². The van der Waals surface area contributed by atoms with Gasteiger partial charge in [-0.2, -0.15) is 10.2 Å². The van der Waals surface area contributed by atoms with Gasteiger partial charge in [0.2, 0.25) is 5.95 Å². The van der Waals surface area contributed by atoms with Gasteiger partial charge in [-0.25, -0.2) is 13.8 Å². The van der Waals surface area contributed by atoms with E-state index in [0.29, 0.717) is 24.2 Å². The Kier molecular flexibility index (Phi) is 5.58. The summed E-state index contributed by atoms with van der Waals surface area (Å²) in [6.45, 7) is 0.0904. The Balaban J connectivity index is 1.69. The summed E-state index contributed by atoms with van der Waals surface area (Å²) in [5.74, 6) is -0.632. The summed E-state index contributed by atoms with van der Waals surface area (Å²) in [4.78, 5) is 8.36. The molecule has 0 atom stereocenters. The van der Waals surface area contributed by atoms with Crippen molar-refractivity contribution in [2.24, 2.45) is 0 Å². The molecule has 1 saturated carbocycles. The summed E-state index contributed by atoms with van der Waals surface area (Å²) in [6.07, 6.45) is 4.13. The number of halogens is 2. The highest BCUT2D eigenvalue weighted by Crippen LogP contribution is 2.23. The summed E-state index contributed by atoms with van der Waals surface area (Å²) in [5, 5.41) is 24.9. The molecule has 3 rings (SSSR count). The first kappa shape index (κ1) is 18.0. The van der Waals surface area contributed by atoms with Crippen LogP contribution in [0.2, 0.25) is 0 Å². The smallest absolute Gasteiger partial charge is 0.224 e. The predicted octanol–water partition coefficient (Wildman–Crippen LogP) is 2.95. The van der Waals surface area contributed by atoms with Gasteiger partial charge in [-0.05, 0) is 31.7 Å². The van der Waals surface area contributed by atoms with Crippen LogP contribution >= 0.6 is 0 Å². The number of hydrogen-bond donors (Lipinski definition) is 3. The van der Waals surface area contributed by atoms with Crippen LogP contribution < -0.4 is 10.6 Å². The molecule has 2 aromatic rings. The topological polar surface area (TPSA) is 93.9 Å². The lowest BCUT2D eigenvalue weighted by atomic mass is 9.93. The highest BCUT2D eigenvalue weighted by Gasteiger charge is 2.20. The Bertz CT molecular complexity index is 816. The molecule has 1 aliphatic rings. The molecule has 6 nitrogen and oxygen atoms in total. The van der Waals surface area contributed by atoms with Gasteiger partial charge in [0, 0.05) is 24.2 Å². The van der Waals surface area contributed by atoms with Gasteiger partial charge in [0.25, 0.3) is 0 Å². The van der Waals surface area contributed by atoms with Crippen LogP contribution in [0, 0.1) is 23.0 Å². The zero-order valence-electron chi connectivity index (χ0n) is 14.0. The Morgan fingerprint density at radius 2 is 2.00 bits per heavy atom. The van der Waals surface area contributed by atoms with Gasteiger partial charge in [0.1, 0.15) is 29.1 Å². The van der Waals surface area contributed by atoms with Crippen molar-refractivity contribution >= 4 is 11.8 Å². The summed E-state index contributed by atoms with van der Waals surface area (Å²) < 4.78 is 26.6. The minimum absolute atomic E-state index is 0.0904. The van der Waals surface area contributed by atoms with Crippen LogP contribution in [-0.4, -0.2) is 27.2 Å². The van der Waals surface area contributed by atoms with Gasteiger partial charge in [0.05, 0.1) is 12.3 Å². The number of rotatable bonds is 5. The minimum Gasteiger partial charge on any atom is -0.393 e. The van der Waals surface area contributed by atoms with Crippen molar-refractivity contribution in [3.05, 3.63) is 47.2 Å². The van der Waals surface area contributed by atoms with Crippen molar-refractivity contribution in [1.29, 1.82) is 5.26 Å². The number of anilines is 2. The van der Waals surface area contributed by atoms with Crippen molar-refractivity contribution in [2.45, 2.75) is 44.4 Å². The van der Waals surface area contributed by atoms with E-state index in [1.54, 1.807) is 0 Å². The zero-order valence-corrected chi connectivity index (χ0v) is 14.0. The fourth-order valence-electron chi connectivity index (χ4n) is 2.91. The van der Waals surface area contributed by atoms with Crippen molar-refractivity contribution in [2.75, 3.05) is 10.6 Å². The van der Waals surface area contributed by atoms with E-state index in [-0.39, 0.29) is 30.2 Å². The molecule has 0 amide bonds. The highest BCUT2D eigenvalue weighted by molar-refractivity contribution is 5.54. The molecule has 1 aliphatic carbocycles. The lowest BCUT2D eigenvalue weighted by Gasteiger charge is -2.26. The monoisotopic (exact) mass is 359 g/mol. The molecule has 0 saturated heterocycles. The first-order valence-corrected chi connectivity index (χ1v) is 8.44. The van der Waals surface area contributed by atoms with Crippen molar-refractivity contribution in [1.82, 2.24) is 9.97 Å². The van der Waals surface area contributed by atoms with E-state index in [2.05, 4.69) is 20.6 Å². The number of aromatic nitrogens is 2. The molecule has 136 valence electrons. The molecule has 1 fully saturated rings. The molecule has 1 aromatic carbocycles. The van der Waals surface area contributed by atoms with E-state index in [1.165, 1.54) is 18.3 Å². The van der Waals surface area contributed by atoms with Crippen LogP contribution in [0.4, 0.5) is 20.5 Å². The molecule has 0 radical (unpaired) electrons. The highest BCUT2D eigenvalue weighted by atomic mass is 19.1. The molecule has 8 heteroatoms. The second kappa shape index (κ2) is 8.06. The van der Waals surface area contributed by atoms with Crippen LogP contribution in [0.1, 0.15) is 36.8 Å². The second-order valence-corrected chi connectivity index (χ2v) is 6.31. The predicted molar refractivity (Wildman–Crippen MR) is 92.3 cm³/mol. The van der Waals surface area contributed by atoms with E-state index in [4.69, 9.17) is 0 Å². The molecule has 0 spiro atoms. The third-order valence-electron chi connectivity index (χ3n) is 4.40. The number of aliphatic hydroxyl groups excluding tert-OH is 1. The van der Waals surface area contributed by atoms with E-state index in [1.807, 2.05) is 6.07 Å². The Morgan fingerprint density at radius 1 is 1.23 bits per heavy atom. The van der Waals surface area contributed by atoms with Crippen molar-refractivity contribution in [3.8, 4) is 6.07 Å². The number of nitrogens with one attached hydrogen (secondary N) is 2. The standard InChI is InChI=1S/C18H19F2N5O/c19-13-2-1-11(16(20)7-13)9-22-18-23-10-12(8-21)17(25-18)24-14-3-5-15(26)6-4-14/h1-2,7,10,14-15,26H,3-6,9H2,(H2,22,23,24,25). The van der Waals surface area contributed by atoms with Gasteiger partial charge in [0.15, 0.2) is 0 Å². The summed E-state index contributed by atoms with van der Waals surface area (Å²) in [5.41, 5.74) is 0.602. The first-order chi connectivity index (χ1) is 12.5. The van der Waals surface area contributed by atoms with E-state index >= 15 is 0 Å². The van der Waals surface area contributed by atoms with Gasteiger partial charge >= 0.3 is 0 Å². The maximum atomic E-state index is 13.7. The molecule has 0 bridgehead atoms. The van der Waals surface area contributed by atoms with Gasteiger partial charge in [-0.3, -0.25) is 0 Å². The molecule has 0 unspecified atom stereocenters. The minimum atomic E-state index is -0.648. The van der Waals surface area contributed by atoms with Crippen LogP contribution in [0.5, 0.6) is 0 Å². The van der Waals surface area contributed by atoms with E-state index in [0.717, 1.165) is 18.9 Å². The number of nitriles is 1. The molecule has 0 aliphatic heterocycles. The quantitative estimate of drug-likeness (QED) is 0.760. The lowest BCUT2D eigenvalue weighted by molar-refractivity contribution is 0.126. The normalized spacial score (nSPS) is 19.6. The Labute approximate surface area is 149 Å². The van der Waals surface area contributed by atoms with Crippen LogP contribution in [0.25, 0.3) is 0 Å². The van der Waals surface area contributed by atoms with Crippen molar-refractivity contribution in [3.63, 3.8) is 0 Å². The van der Waals surface area contributed by atoms with E-state index in [9.17, 15) is 19.1 Å². The fourth-order valence-corrected chi connectivity index (χ4v) is 2.91. The molecular formula is C18H19F2N5O. The van der Waals surface area contributed by atoms with Gasteiger partial charge in [-0.1, -0.05) is 6.07 Å². The summed E-state index contributed by atoms with van der Waals surface area (Å²) >= 11 is 0. The van der Waals surface area contributed by atoms with E-state index < -0.39 is 11.6 Å². The number of nitrogens with zero attached hydrogens (tertiary/aromatic N) is 3. The maximum absolute atomic E-state index is 13.7. The lowest BCUT2D eigenvalue weighted by Crippen LogP contribution is -2.29. The van der Waals surface area contributed by atoms with Crippen molar-refractivity contribution < 1.29 is 13.9 Å². The summed E-state index contributed by atoms with van der Waals surface area (Å²) in [7, 11) is 0. The van der Waals surface area contributed by atoms with Crippen LogP contribution in [0.15, 0.2) is 24.4 Å². The number of hydrogen-bond acceptors (Lipinski definition) is 6. The maximum Gasteiger partial charge on any atom is 0.224 e. The second-order valence-electron chi connectivity index (χ2n) is 6.31. The molecule has 1 heterocycles. The third-order valence-corrected chi connectivity index (χ3v) is 4.40. The Morgan fingerprint density at radius 3 is 2.69 bits per heavy atom. The number of benzene rings is 1. The van der Waals surface area contributed by atoms with Crippen LogP contribution in [-0.2, 0) is 6.54 Å².